The molecule has 0 radical (unpaired) electrons. The molecule has 0 spiro atoms. The summed E-state index contributed by atoms with van der Waals surface area (Å²) in [5, 5.41) is -1.20. The highest BCUT2D eigenvalue weighted by atomic mass is 32.2. The summed E-state index contributed by atoms with van der Waals surface area (Å²) in [6.45, 7) is -0.423. The molecular formula is C4H3F3O4S. The van der Waals surface area contributed by atoms with Crippen molar-refractivity contribution in [2.24, 2.45) is 0 Å². The highest BCUT2D eigenvalue weighted by Gasteiger charge is 2.38. The Kier molecular flexibility index (Phi) is 2.04. The van der Waals surface area contributed by atoms with Crippen LogP contribution in [0.1, 0.15) is 0 Å². The molecule has 4 nitrogen and oxygen atoms in total. The van der Waals surface area contributed by atoms with E-state index in [-0.39, 0.29) is 0 Å². The van der Waals surface area contributed by atoms with Crippen LogP contribution in [-0.2, 0) is 19.0 Å². The summed E-state index contributed by atoms with van der Waals surface area (Å²) in [6, 6.07) is 0. The first-order valence-corrected chi connectivity index (χ1v) is 4.07. The van der Waals surface area contributed by atoms with Crippen molar-refractivity contribution in [3.05, 3.63) is 11.2 Å². The number of alkyl halides is 3. The van der Waals surface area contributed by atoms with Gasteiger partial charge in [-0.15, -0.1) is 13.2 Å². The normalized spacial score (nSPS) is 22.1. The van der Waals surface area contributed by atoms with Gasteiger partial charge in [-0.3, -0.25) is 4.18 Å². The summed E-state index contributed by atoms with van der Waals surface area (Å²) in [6.07, 6.45) is -4.31. The predicted molar refractivity (Wildman–Crippen MR) is 30.1 cm³/mol. The lowest BCUT2D eigenvalue weighted by Crippen LogP contribution is -2.16. The fraction of sp³-hybridized carbons (Fsp3) is 0.500. The van der Waals surface area contributed by atoms with Crippen LogP contribution < -0.4 is 0 Å². The Labute approximate surface area is 65.7 Å². The Morgan fingerprint density at radius 3 is 2.42 bits per heavy atom. The van der Waals surface area contributed by atoms with Crippen molar-refractivity contribution in [3.8, 4) is 0 Å². The maximum absolute atomic E-state index is 11.5. The van der Waals surface area contributed by atoms with Crippen LogP contribution in [0.3, 0.4) is 0 Å². The van der Waals surface area contributed by atoms with Gasteiger partial charge < -0.3 is 4.74 Å². The summed E-state index contributed by atoms with van der Waals surface area (Å²) in [4.78, 5) is 0. The number of ether oxygens (including phenoxy) is 1. The largest absolute Gasteiger partial charge is 0.573 e. The van der Waals surface area contributed by atoms with Crippen LogP contribution in [0.4, 0.5) is 13.2 Å². The van der Waals surface area contributed by atoms with Gasteiger partial charge in [0, 0.05) is 0 Å². The predicted octanol–water partition coefficient (Wildman–Crippen LogP) is 0.724. The first-order chi connectivity index (χ1) is 5.31. The molecule has 0 N–H and O–H groups in total. The molecule has 8 heteroatoms. The van der Waals surface area contributed by atoms with E-state index in [2.05, 4.69) is 8.92 Å². The van der Waals surface area contributed by atoms with Gasteiger partial charge in [0.1, 0.15) is 0 Å². The van der Waals surface area contributed by atoms with Gasteiger partial charge in [0.05, 0.1) is 6.61 Å². The molecule has 0 aromatic rings. The summed E-state index contributed by atoms with van der Waals surface area (Å²) in [5.41, 5.74) is 0. The Morgan fingerprint density at radius 2 is 2.08 bits per heavy atom. The van der Waals surface area contributed by atoms with E-state index in [0.29, 0.717) is 6.08 Å². The molecule has 0 unspecified atom stereocenters. The van der Waals surface area contributed by atoms with Gasteiger partial charge in [0.15, 0.2) is 0 Å². The Morgan fingerprint density at radius 1 is 1.50 bits per heavy atom. The molecule has 0 aliphatic carbocycles. The Bertz CT molecular complexity index is 301. The summed E-state index contributed by atoms with van der Waals surface area (Å²) in [7, 11) is -4.30. The van der Waals surface area contributed by atoms with Gasteiger partial charge in [-0.25, -0.2) is 0 Å². The smallest absolute Gasteiger partial charge is 0.392 e. The van der Waals surface area contributed by atoms with Crippen LogP contribution in [-0.4, -0.2) is 21.4 Å². The fourth-order valence-corrected chi connectivity index (χ4v) is 1.39. The minimum Gasteiger partial charge on any atom is -0.392 e. The SMILES string of the molecule is O=S1(=O)OCC=C1OC(F)(F)F. The zero-order valence-corrected chi connectivity index (χ0v) is 6.28. The third-order valence-electron chi connectivity index (χ3n) is 0.936. The summed E-state index contributed by atoms with van der Waals surface area (Å²) < 4.78 is 62.6. The molecule has 0 amide bonds. The van der Waals surface area contributed by atoms with Crippen LogP contribution in [0.5, 0.6) is 0 Å². The first kappa shape index (κ1) is 9.33. The maximum Gasteiger partial charge on any atom is 0.573 e. The lowest BCUT2D eigenvalue weighted by Gasteiger charge is -2.07. The Balaban J connectivity index is 2.79. The van der Waals surface area contributed by atoms with Gasteiger partial charge in [0.25, 0.3) is 0 Å². The molecule has 0 fully saturated rings. The van der Waals surface area contributed by atoms with E-state index in [1.54, 1.807) is 0 Å². The number of hydrogen-bond acceptors (Lipinski definition) is 4. The summed E-state index contributed by atoms with van der Waals surface area (Å²) >= 11 is 0. The van der Waals surface area contributed by atoms with Gasteiger partial charge in [-0.1, -0.05) is 0 Å². The lowest BCUT2D eigenvalue weighted by molar-refractivity contribution is -0.301. The zero-order valence-electron chi connectivity index (χ0n) is 5.46. The third-order valence-corrected chi connectivity index (χ3v) is 2.13. The van der Waals surface area contributed by atoms with E-state index in [4.69, 9.17) is 0 Å². The average Bonchev–Trinajstić information content (AvgIpc) is 2.07. The molecule has 1 rings (SSSR count). The monoisotopic (exact) mass is 204 g/mol. The van der Waals surface area contributed by atoms with E-state index in [1.165, 1.54) is 0 Å². The highest BCUT2D eigenvalue weighted by molar-refractivity contribution is 7.90. The van der Waals surface area contributed by atoms with E-state index >= 15 is 0 Å². The summed E-state index contributed by atoms with van der Waals surface area (Å²) in [5.74, 6) is 0. The number of hydrogen-bond donors (Lipinski definition) is 0. The first-order valence-electron chi connectivity index (χ1n) is 2.66. The quantitative estimate of drug-likeness (QED) is 0.590. The number of rotatable bonds is 1. The average molecular weight is 204 g/mol. The van der Waals surface area contributed by atoms with E-state index in [1.807, 2.05) is 0 Å². The van der Waals surface area contributed by atoms with Crippen molar-refractivity contribution in [2.45, 2.75) is 6.36 Å². The van der Waals surface area contributed by atoms with Crippen molar-refractivity contribution < 1.29 is 30.5 Å². The van der Waals surface area contributed by atoms with Crippen LogP contribution in [0.25, 0.3) is 0 Å². The topological polar surface area (TPSA) is 52.6 Å². The van der Waals surface area contributed by atoms with Crippen LogP contribution in [0.15, 0.2) is 11.2 Å². The van der Waals surface area contributed by atoms with E-state index in [9.17, 15) is 21.6 Å². The van der Waals surface area contributed by atoms with Gasteiger partial charge in [0.2, 0.25) is 5.09 Å². The fourth-order valence-electron chi connectivity index (χ4n) is 0.559. The van der Waals surface area contributed by atoms with Crippen LogP contribution in [0.2, 0.25) is 0 Å². The molecule has 0 aromatic carbocycles. The van der Waals surface area contributed by atoms with Gasteiger partial charge in [-0.05, 0) is 6.08 Å². The maximum atomic E-state index is 11.5. The molecule has 0 bridgehead atoms. The van der Waals surface area contributed by atoms with Crippen molar-refractivity contribution in [1.29, 1.82) is 0 Å². The van der Waals surface area contributed by atoms with Crippen molar-refractivity contribution in [2.75, 3.05) is 6.61 Å². The van der Waals surface area contributed by atoms with Crippen LogP contribution in [0, 0.1) is 0 Å². The molecule has 0 atom stereocenters. The molecule has 1 aliphatic heterocycles. The molecule has 1 heterocycles. The van der Waals surface area contributed by atoms with Gasteiger partial charge in [-0.2, -0.15) is 8.42 Å². The third kappa shape index (κ3) is 2.11. The highest BCUT2D eigenvalue weighted by Crippen LogP contribution is 2.26. The standard InChI is InChI=1S/C4H3F3O4S/c5-4(6,7)11-3-1-2-10-12(3,8)9/h1H,2H2. The molecule has 0 saturated heterocycles. The lowest BCUT2D eigenvalue weighted by atomic mass is 10.7. The van der Waals surface area contributed by atoms with E-state index < -0.39 is 28.2 Å². The minimum absolute atomic E-state index is 0.423. The number of halogens is 3. The second kappa shape index (κ2) is 2.63. The van der Waals surface area contributed by atoms with Gasteiger partial charge >= 0.3 is 16.5 Å². The second-order valence-corrected chi connectivity index (χ2v) is 3.36. The molecule has 12 heavy (non-hydrogen) atoms. The van der Waals surface area contributed by atoms with E-state index in [0.717, 1.165) is 0 Å². The minimum atomic E-state index is -5.01. The van der Waals surface area contributed by atoms with Crippen LogP contribution >= 0.6 is 0 Å². The molecule has 0 saturated carbocycles. The molecule has 0 aromatic heterocycles. The molecular weight excluding hydrogens is 201 g/mol. The Hall–Kier alpha value is -0.760. The second-order valence-electron chi connectivity index (χ2n) is 1.81. The van der Waals surface area contributed by atoms with Crippen molar-refractivity contribution in [1.82, 2.24) is 0 Å². The van der Waals surface area contributed by atoms with Crippen molar-refractivity contribution in [3.63, 3.8) is 0 Å². The van der Waals surface area contributed by atoms with Crippen molar-refractivity contribution >= 4 is 10.1 Å². The molecule has 1 aliphatic rings. The molecule has 70 valence electrons. The zero-order chi connectivity index (χ0) is 9.41.